The Morgan fingerprint density at radius 2 is 1.35 bits per heavy atom. The second-order valence-corrected chi connectivity index (χ2v) is 7.91. The average Bonchev–Trinajstić information content (AvgIpc) is 2.32. The predicted octanol–water partition coefficient (Wildman–Crippen LogP) is 4.40. The topological polar surface area (TPSA) is 15.3 Å². The molecule has 0 aromatic rings. The van der Waals surface area contributed by atoms with Crippen LogP contribution in [0.1, 0.15) is 68.2 Å². The summed E-state index contributed by atoms with van der Waals surface area (Å²) < 4.78 is 0. The molecule has 0 aliphatic heterocycles. The minimum Gasteiger partial charge on any atom is -0.314 e. The first-order chi connectivity index (χ1) is 9.19. The van der Waals surface area contributed by atoms with Crippen LogP contribution in [0.15, 0.2) is 0 Å². The molecule has 0 amide bonds. The molecule has 2 nitrogen and oxygen atoms in total. The first kappa shape index (κ1) is 19.9. The molecule has 0 rings (SSSR count). The van der Waals surface area contributed by atoms with E-state index in [-0.39, 0.29) is 0 Å². The molecule has 0 aromatic carbocycles. The van der Waals surface area contributed by atoms with Crippen LogP contribution in [0.25, 0.3) is 0 Å². The van der Waals surface area contributed by atoms with Crippen LogP contribution >= 0.6 is 0 Å². The van der Waals surface area contributed by atoms with Crippen LogP contribution in [0, 0.1) is 17.3 Å². The van der Waals surface area contributed by atoms with Crippen molar-refractivity contribution in [2.24, 2.45) is 17.3 Å². The fourth-order valence-electron chi connectivity index (χ4n) is 2.45. The van der Waals surface area contributed by atoms with E-state index in [1.54, 1.807) is 0 Å². The second kappa shape index (κ2) is 9.78. The minimum absolute atomic E-state index is 0.323. The summed E-state index contributed by atoms with van der Waals surface area (Å²) in [7, 11) is 0. The highest BCUT2D eigenvalue weighted by Gasteiger charge is 2.27. The van der Waals surface area contributed by atoms with E-state index >= 15 is 0 Å². The fourth-order valence-corrected chi connectivity index (χ4v) is 2.45. The second-order valence-electron chi connectivity index (χ2n) is 7.91. The average molecular weight is 285 g/mol. The Balaban J connectivity index is 4.50. The molecule has 1 unspecified atom stereocenters. The standard InChI is InChI=1S/C18H40N2/c1-9-19-17(6)18(7,8)14-20(12-10-15(2)3)13-11-16(4)5/h15-17,19H,9-14H2,1-8H3. The number of hydrogen-bond acceptors (Lipinski definition) is 2. The maximum absolute atomic E-state index is 3.59. The van der Waals surface area contributed by atoms with Crippen molar-refractivity contribution in [3.05, 3.63) is 0 Å². The molecule has 0 spiro atoms. The van der Waals surface area contributed by atoms with E-state index in [0.29, 0.717) is 11.5 Å². The van der Waals surface area contributed by atoms with E-state index in [4.69, 9.17) is 0 Å². The summed E-state index contributed by atoms with van der Waals surface area (Å²) in [6.07, 6.45) is 2.62. The third kappa shape index (κ3) is 8.97. The van der Waals surface area contributed by atoms with Crippen LogP contribution in [0.2, 0.25) is 0 Å². The van der Waals surface area contributed by atoms with Crippen LogP contribution in [-0.2, 0) is 0 Å². The minimum atomic E-state index is 0.323. The molecule has 0 aliphatic rings. The molecular weight excluding hydrogens is 244 g/mol. The number of hydrogen-bond donors (Lipinski definition) is 1. The molecule has 0 radical (unpaired) electrons. The highest BCUT2D eigenvalue weighted by molar-refractivity contribution is 4.84. The molecule has 1 atom stereocenters. The van der Waals surface area contributed by atoms with E-state index in [1.165, 1.54) is 32.5 Å². The van der Waals surface area contributed by atoms with Crippen molar-refractivity contribution in [3.63, 3.8) is 0 Å². The predicted molar refractivity (Wildman–Crippen MR) is 92.3 cm³/mol. The molecule has 1 N–H and O–H groups in total. The molecular formula is C18H40N2. The third-order valence-electron chi connectivity index (χ3n) is 4.36. The molecule has 20 heavy (non-hydrogen) atoms. The maximum atomic E-state index is 3.59. The quantitative estimate of drug-likeness (QED) is 0.605. The van der Waals surface area contributed by atoms with E-state index in [9.17, 15) is 0 Å². The summed E-state index contributed by atoms with van der Waals surface area (Å²) in [6.45, 7) is 23.4. The zero-order chi connectivity index (χ0) is 15.8. The molecule has 0 heterocycles. The van der Waals surface area contributed by atoms with Crippen molar-refractivity contribution in [2.75, 3.05) is 26.2 Å². The lowest BCUT2D eigenvalue weighted by Crippen LogP contribution is -2.47. The summed E-state index contributed by atoms with van der Waals surface area (Å²) in [4.78, 5) is 2.69. The van der Waals surface area contributed by atoms with Gasteiger partial charge in [0, 0.05) is 12.6 Å². The summed E-state index contributed by atoms with van der Waals surface area (Å²) in [5, 5.41) is 3.59. The normalized spacial score (nSPS) is 14.6. The van der Waals surface area contributed by atoms with Crippen molar-refractivity contribution >= 4 is 0 Å². The molecule has 0 saturated heterocycles. The zero-order valence-electron chi connectivity index (χ0n) is 15.4. The smallest absolute Gasteiger partial charge is 0.0102 e. The third-order valence-corrected chi connectivity index (χ3v) is 4.36. The van der Waals surface area contributed by atoms with Gasteiger partial charge in [-0.1, -0.05) is 48.5 Å². The Labute approximate surface area is 128 Å². The zero-order valence-corrected chi connectivity index (χ0v) is 15.4. The summed E-state index contributed by atoms with van der Waals surface area (Å²) in [5.41, 5.74) is 0.323. The maximum Gasteiger partial charge on any atom is 0.0102 e. The van der Waals surface area contributed by atoms with Gasteiger partial charge in [0.15, 0.2) is 0 Å². The number of nitrogens with zero attached hydrogens (tertiary/aromatic N) is 1. The molecule has 0 bridgehead atoms. The molecule has 2 heteroatoms. The molecule has 0 aromatic heterocycles. The van der Waals surface area contributed by atoms with Crippen LogP contribution < -0.4 is 5.32 Å². The highest BCUT2D eigenvalue weighted by atomic mass is 15.1. The van der Waals surface area contributed by atoms with Crippen molar-refractivity contribution in [1.29, 1.82) is 0 Å². The van der Waals surface area contributed by atoms with Gasteiger partial charge in [-0.3, -0.25) is 0 Å². The Morgan fingerprint density at radius 1 is 0.900 bits per heavy atom. The number of nitrogens with one attached hydrogen (secondary N) is 1. The summed E-state index contributed by atoms with van der Waals surface area (Å²) in [5.74, 6) is 1.59. The van der Waals surface area contributed by atoms with Gasteiger partial charge in [0.25, 0.3) is 0 Å². The largest absolute Gasteiger partial charge is 0.314 e. The number of rotatable bonds is 11. The summed E-state index contributed by atoms with van der Waals surface area (Å²) in [6, 6.07) is 0.563. The first-order valence-electron chi connectivity index (χ1n) is 8.64. The van der Waals surface area contributed by atoms with Gasteiger partial charge in [-0.25, -0.2) is 0 Å². The van der Waals surface area contributed by atoms with Crippen LogP contribution in [0.3, 0.4) is 0 Å². The van der Waals surface area contributed by atoms with E-state index in [0.717, 1.165) is 18.4 Å². The van der Waals surface area contributed by atoms with E-state index in [2.05, 4.69) is 65.6 Å². The Kier molecular flexibility index (Phi) is 9.74. The molecule has 0 aliphatic carbocycles. The van der Waals surface area contributed by atoms with Crippen LogP contribution in [0.4, 0.5) is 0 Å². The molecule has 0 saturated carbocycles. The van der Waals surface area contributed by atoms with Gasteiger partial charge in [-0.05, 0) is 56.7 Å². The van der Waals surface area contributed by atoms with Crippen LogP contribution in [-0.4, -0.2) is 37.1 Å². The first-order valence-corrected chi connectivity index (χ1v) is 8.64. The van der Waals surface area contributed by atoms with Gasteiger partial charge in [0.2, 0.25) is 0 Å². The van der Waals surface area contributed by atoms with Crippen molar-refractivity contribution < 1.29 is 0 Å². The van der Waals surface area contributed by atoms with Crippen molar-refractivity contribution in [2.45, 2.75) is 74.3 Å². The SMILES string of the molecule is CCNC(C)C(C)(C)CN(CCC(C)C)CCC(C)C. The van der Waals surface area contributed by atoms with Crippen molar-refractivity contribution in [1.82, 2.24) is 10.2 Å². The van der Waals surface area contributed by atoms with Gasteiger partial charge >= 0.3 is 0 Å². The lowest BCUT2D eigenvalue weighted by molar-refractivity contribution is 0.133. The fraction of sp³-hybridized carbons (Fsp3) is 1.00. The summed E-state index contributed by atoms with van der Waals surface area (Å²) >= 11 is 0. The van der Waals surface area contributed by atoms with Gasteiger partial charge in [-0.2, -0.15) is 0 Å². The monoisotopic (exact) mass is 284 g/mol. The Morgan fingerprint density at radius 3 is 1.70 bits per heavy atom. The highest BCUT2D eigenvalue weighted by Crippen LogP contribution is 2.23. The Bertz CT molecular complexity index is 222. The van der Waals surface area contributed by atoms with E-state index < -0.39 is 0 Å². The van der Waals surface area contributed by atoms with Gasteiger partial charge in [0.1, 0.15) is 0 Å². The van der Waals surface area contributed by atoms with Gasteiger partial charge in [0.05, 0.1) is 0 Å². The van der Waals surface area contributed by atoms with Gasteiger partial charge in [-0.15, -0.1) is 0 Å². The molecule has 122 valence electrons. The molecule has 0 fully saturated rings. The lowest BCUT2D eigenvalue weighted by Gasteiger charge is -2.38. The van der Waals surface area contributed by atoms with Crippen molar-refractivity contribution in [3.8, 4) is 0 Å². The van der Waals surface area contributed by atoms with E-state index in [1.807, 2.05) is 0 Å². The van der Waals surface area contributed by atoms with Crippen LogP contribution in [0.5, 0.6) is 0 Å². The Hall–Kier alpha value is -0.0800. The lowest BCUT2D eigenvalue weighted by atomic mass is 9.84. The van der Waals surface area contributed by atoms with Gasteiger partial charge < -0.3 is 10.2 Å².